The summed E-state index contributed by atoms with van der Waals surface area (Å²) in [6.07, 6.45) is 3.84. The molecule has 2 atom stereocenters. The van der Waals surface area contributed by atoms with Gasteiger partial charge in [0, 0.05) is 25.1 Å². The number of aryl methyl sites for hydroxylation is 2. The number of benzene rings is 1. The molecular weight excluding hydrogens is 427 g/mol. The maximum absolute atomic E-state index is 14.3. The first-order valence-corrected chi connectivity index (χ1v) is 10.8. The maximum atomic E-state index is 14.3. The zero-order valence-electron chi connectivity index (χ0n) is 18.3. The van der Waals surface area contributed by atoms with Crippen LogP contribution < -0.4 is 15.0 Å². The molecule has 9 nitrogen and oxygen atoms in total. The quantitative estimate of drug-likeness (QED) is 0.653. The minimum Gasteiger partial charge on any atom is -0.481 e. The second-order valence-electron chi connectivity index (χ2n) is 8.19. The summed E-state index contributed by atoms with van der Waals surface area (Å²) < 4.78 is 21.1. The number of hydrogen-bond acceptors (Lipinski definition) is 6. The summed E-state index contributed by atoms with van der Waals surface area (Å²) in [5.41, 5.74) is 2.13. The van der Waals surface area contributed by atoms with Crippen molar-refractivity contribution < 1.29 is 18.7 Å². The molecule has 5 rings (SSSR count). The number of carbonyl (C=O) groups excluding carboxylic acids is 2. The van der Waals surface area contributed by atoms with Crippen LogP contribution in [-0.4, -0.2) is 51.8 Å². The number of methoxy groups -OCH3 is 1. The largest absolute Gasteiger partial charge is 0.481 e. The first-order valence-electron chi connectivity index (χ1n) is 10.8. The Hall–Kier alpha value is -3.82. The normalized spacial score (nSPS) is 19.6. The van der Waals surface area contributed by atoms with Gasteiger partial charge in [0.15, 0.2) is 0 Å². The number of aromatic nitrogens is 4. The van der Waals surface area contributed by atoms with Crippen LogP contribution in [0, 0.1) is 5.82 Å². The van der Waals surface area contributed by atoms with Crippen molar-refractivity contribution in [3.63, 3.8) is 0 Å². The fourth-order valence-electron chi connectivity index (χ4n) is 4.51. The van der Waals surface area contributed by atoms with E-state index in [0.717, 1.165) is 5.56 Å². The van der Waals surface area contributed by atoms with E-state index in [1.165, 1.54) is 18.1 Å². The number of nitrogens with one attached hydrogen (secondary N) is 1. The summed E-state index contributed by atoms with van der Waals surface area (Å²) in [6.45, 7) is 0. The highest BCUT2D eigenvalue weighted by atomic mass is 19.1. The lowest BCUT2D eigenvalue weighted by Gasteiger charge is -2.21. The first kappa shape index (κ1) is 21.0. The number of hydrogen-bond donors (Lipinski definition) is 1. The second-order valence-corrected chi connectivity index (χ2v) is 8.19. The van der Waals surface area contributed by atoms with Crippen LogP contribution in [0.15, 0.2) is 36.5 Å². The number of ether oxygens (including phenoxy) is 1. The lowest BCUT2D eigenvalue weighted by Crippen LogP contribution is -2.47. The molecule has 4 heterocycles. The average Bonchev–Trinajstić information content (AvgIpc) is 3.39. The van der Waals surface area contributed by atoms with Gasteiger partial charge >= 0.3 is 0 Å². The van der Waals surface area contributed by atoms with E-state index in [2.05, 4.69) is 20.4 Å². The van der Waals surface area contributed by atoms with Crippen LogP contribution >= 0.6 is 0 Å². The van der Waals surface area contributed by atoms with Crippen LogP contribution in [0.5, 0.6) is 5.88 Å². The van der Waals surface area contributed by atoms with Crippen LogP contribution in [0.25, 0.3) is 0 Å². The van der Waals surface area contributed by atoms with Gasteiger partial charge in [-0.25, -0.2) is 19.0 Å². The van der Waals surface area contributed by atoms with Crippen molar-refractivity contribution in [1.82, 2.24) is 25.1 Å². The lowest BCUT2D eigenvalue weighted by atomic mass is 10.0. The molecule has 10 heteroatoms. The Balaban J connectivity index is 1.34. The van der Waals surface area contributed by atoms with Crippen LogP contribution in [0.1, 0.15) is 46.5 Å². The highest BCUT2D eigenvalue weighted by Crippen LogP contribution is 2.32. The van der Waals surface area contributed by atoms with Gasteiger partial charge < -0.3 is 15.0 Å². The van der Waals surface area contributed by atoms with Gasteiger partial charge in [0.05, 0.1) is 25.0 Å². The Morgan fingerprint density at radius 2 is 2.06 bits per heavy atom. The standard InChI is InChI=1S/C23H23FN6O3/c1-29-18-12-25-20(33-2)11-13(18)7-8-16(23(29)32)26-22(31)21-27-19-10-9-17(30(19)28-21)14-5-3-4-6-15(14)24/h3-6,11-12,16-17H,7-10H2,1-2H3,(H,26,31)/t16-,17-/m0/s1. The van der Waals surface area contributed by atoms with Crippen molar-refractivity contribution in [3.8, 4) is 5.88 Å². The molecule has 1 aromatic carbocycles. The summed E-state index contributed by atoms with van der Waals surface area (Å²) in [5, 5.41) is 7.14. The Labute approximate surface area is 189 Å². The minimum atomic E-state index is -0.735. The van der Waals surface area contributed by atoms with E-state index in [-0.39, 0.29) is 23.6 Å². The predicted octanol–water partition coefficient (Wildman–Crippen LogP) is 2.06. The Bertz CT molecular complexity index is 1240. The number of fused-ring (bicyclic) bond motifs is 2. The molecular formula is C23H23FN6O3. The zero-order valence-corrected chi connectivity index (χ0v) is 18.3. The van der Waals surface area contributed by atoms with Gasteiger partial charge in [-0.1, -0.05) is 18.2 Å². The van der Waals surface area contributed by atoms with Gasteiger partial charge in [0.2, 0.25) is 17.6 Å². The van der Waals surface area contributed by atoms with Crippen molar-refractivity contribution in [2.75, 3.05) is 19.1 Å². The van der Waals surface area contributed by atoms with Crippen LogP contribution in [0.3, 0.4) is 0 Å². The molecule has 1 N–H and O–H groups in total. The third-order valence-electron chi connectivity index (χ3n) is 6.25. The van der Waals surface area contributed by atoms with Gasteiger partial charge in [-0.3, -0.25) is 9.59 Å². The van der Waals surface area contributed by atoms with Crippen molar-refractivity contribution in [2.24, 2.45) is 0 Å². The Morgan fingerprint density at radius 3 is 2.85 bits per heavy atom. The van der Waals surface area contributed by atoms with Crippen molar-refractivity contribution in [3.05, 3.63) is 65.1 Å². The lowest BCUT2D eigenvalue weighted by molar-refractivity contribution is -0.120. The van der Waals surface area contributed by atoms with Crippen LogP contribution in [-0.2, 0) is 17.6 Å². The third kappa shape index (κ3) is 3.71. The minimum absolute atomic E-state index is 0.0217. The summed E-state index contributed by atoms with van der Waals surface area (Å²) in [6, 6.07) is 7.30. The fraction of sp³-hybridized carbons (Fsp3) is 0.348. The molecule has 2 aliphatic rings. The first-order chi connectivity index (χ1) is 16.0. The summed E-state index contributed by atoms with van der Waals surface area (Å²) in [7, 11) is 3.19. The number of rotatable bonds is 4. The van der Waals surface area contributed by atoms with Crippen molar-refractivity contribution in [2.45, 2.75) is 37.8 Å². The number of pyridine rings is 1. The van der Waals surface area contributed by atoms with Gasteiger partial charge in [-0.15, -0.1) is 5.10 Å². The second kappa shape index (κ2) is 8.27. The number of likely N-dealkylation sites (N-methyl/N-ethyl adjacent to an activating group) is 1. The Morgan fingerprint density at radius 1 is 1.24 bits per heavy atom. The van der Waals surface area contributed by atoms with Crippen molar-refractivity contribution in [1.29, 1.82) is 0 Å². The molecule has 0 spiro atoms. The van der Waals surface area contributed by atoms with E-state index >= 15 is 0 Å². The van der Waals surface area contributed by atoms with E-state index in [1.54, 1.807) is 42.2 Å². The molecule has 0 unspecified atom stereocenters. The molecule has 0 fully saturated rings. The Kier molecular flexibility index (Phi) is 5.27. The number of halogens is 1. The smallest absolute Gasteiger partial charge is 0.291 e. The summed E-state index contributed by atoms with van der Waals surface area (Å²) in [5.74, 6) is -0.00892. The molecule has 170 valence electrons. The zero-order chi connectivity index (χ0) is 23.1. The molecule has 2 aliphatic heterocycles. The molecule has 0 aliphatic carbocycles. The molecule has 2 aromatic heterocycles. The highest BCUT2D eigenvalue weighted by molar-refractivity contribution is 6.01. The van der Waals surface area contributed by atoms with E-state index < -0.39 is 11.9 Å². The number of amides is 2. The maximum Gasteiger partial charge on any atom is 0.291 e. The number of anilines is 1. The SMILES string of the molecule is COc1cc2c(cn1)N(C)C(=O)[C@@H](NC(=O)c1nc3n(n1)[C@H](c1ccccc1F)CC3)CC2. The molecule has 2 amide bonds. The van der Waals surface area contributed by atoms with Gasteiger partial charge in [0.1, 0.15) is 17.7 Å². The topological polar surface area (TPSA) is 102 Å². The van der Waals surface area contributed by atoms with Crippen molar-refractivity contribution >= 4 is 17.5 Å². The molecule has 33 heavy (non-hydrogen) atoms. The third-order valence-corrected chi connectivity index (χ3v) is 6.25. The van der Waals surface area contributed by atoms with E-state index in [9.17, 15) is 14.0 Å². The summed E-state index contributed by atoms with van der Waals surface area (Å²) in [4.78, 5) is 36.0. The number of nitrogens with zero attached hydrogens (tertiary/aromatic N) is 5. The van der Waals surface area contributed by atoms with E-state index in [1.807, 2.05) is 0 Å². The number of carbonyl (C=O) groups is 2. The monoisotopic (exact) mass is 450 g/mol. The van der Waals surface area contributed by atoms with Crippen LogP contribution in [0.2, 0.25) is 0 Å². The van der Waals surface area contributed by atoms with Crippen LogP contribution in [0.4, 0.5) is 10.1 Å². The van der Waals surface area contributed by atoms with Gasteiger partial charge in [0.25, 0.3) is 5.91 Å². The fourth-order valence-corrected chi connectivity index (χ4v) is 4.51. The average molecular weight is 450 g/mol. The molecule has 0 saturated heterocycles. The molecule has 0 saturated carbocycles. The van der Waals surface area contributed by atoms with E-state index in [4.69, 9.17) is 4.74 Å². The highest BCUT2D eigenvalue weighted by Gasteiger charge is 2.33. The predicted molar refractivity (Wildman–Crippen MR) is 117 cm³/mol. The molecule has 0 bridgehead atoms. The van der Waals surface area contributed by atoms with Gasteiger partial charge in [-0.2, -0.15) is 0 Å². The van der Waals surface area contributed by atoms with E-state index in [0.29, 0.717) is 48.6 Å². The molecule has 0 radical (unpaired) electrons. The summed E-state index contributed by atoms with van der Waals surface area (Å²) >= 11 is 0. The molecule has 3 aromatic rings. The van der Waals surface area contributed by atoms with Gasteiger partial charge in [-0.05, 0) is 30.9 Å².